The Labute approximate surface area is 605 Å². The Morgan fingerprint density at radius 3 is 0.404 bits per heavy atom. The third kappa shape index (κ3) is 575. The summed E-state index contributed by atoms with van der Waals surface area (Å²) in [6.45, 7) is 3.13. The van der Waals surface area contributed by atoms with Crippen molar-refractivity contribution < 1.29 is 540 Å². The molecule has 0 rings (SSSR count). The van der Waals surface area contributed by atoms with Crippen LogP contribution in [0.1, 0.15) is 0 Å². The van der Waals surface area contributed by atoms with E-state index in [4.69, 9.17) is 108 Å². The largest absolute Gasteiger partial charge is 1.00 e. The van der Waals surface area contributed by atoms with Crippen LogP contribution >= 0.6 is 39.1 Å². The quantitative estimate of drug-likeness (QED) is 0.134. The molecule has 0 aliphatic heterocycles. The van der Waals surface area contributed by atoms with E-state index in [0.717, 1.165) is 13.1 Å². The Morgan fingerprint density at radius 2 is 0.362 bits per heavy atom. The number of nitrogens with two attached hydrogens (primary N) is 2. The van der Waals surface area contributed by atoms with Gasteiger partial charge in [-0.25, -0.2) is 0 Å². The predicted molar refractivity (Wildman–Crippen MR) is 69.0 cm³/mol. The first kappa shape index (κ1) is 137. The molecule has 0 fully saturated rings. The van der Waals surface area contributed by atoms with Crippen LogP contribution in [0.2, 0.25) is 0 Å². The molecule has 0 bridgehead atoms. The molecule has 23 nitrogen and oxygen atoms in total. The maximum absolute atomic E-state index is 8.55. The summed E-state index contributed by atoms with van der Waals surface area (Å²) in [6, 6.07) is 0. The second kappa shape index (κ2) is 88.2. The minimum Gasteiger partial charge on any atom is -0.822 e. The van der Waals surface area contributed by atoms with Gasteiger partial charge in [-0.15, -0.1) is 0 Å². The van der Waals surface area contributed by atoms with Gasteiger partial charge < -0.3 is 113 Å². The van der Waals surface area contributed by atoms with Gasteiger partial charge in [0.2, 0.25) is 0 Å². The van der Waals surface area contributed by atoms with Gasteiger partial charge in [-0.3, -0.25) is 0 Å². The van der Waals surface area contributed by atoms with Crippen molar-refractivity contribution in [2.24, 2.45) is 11.5 Å². The molecule has 47 heavy (non-hydrogen) atoms. The number of phosphoric acid groups is 5. The molecule has 0 spiro atoms. The van der Waals surface area contributed by atoms with Crippen LogP contribution in [0.25, 0.3) is 0 Å². The Bertz CT molecular complexity index is 506. The molecule has 0 saturated carbocycles. The summed E-state index contributed by atoms with van der Waals surface area (Å²) in [5.41, 5.74) is 10.3. The number of hydrogen-bond acceptors (Lipinski definition) is 23. The Hall–Kier alpha value is 15.4. The van der Waals surface area contributed by atoms with Gasteiger partial charge in [-0.1, -0.05) is 0 Å². The normalized spacial score (nSPS) is 7.68. The van der Waals surface area contributed by atoms with Gasteiger partial charge >= 0.3 is 443 Å². The minimum atomic E-state index is -5.39. The van der Waals surface area contributed by atoms with Crippen LogP contribution in [-0.2, 0) is 22.8 Å². The first-order valence-corrected chi connectivity index (χ1v) is 13.5. The Morgan fingerprint density at radius 1 is 0.298 bits per heavy atom. The summed E-state index contributed by atoms with van der Waals surface area (Å²) >= 11 is 0. The predicted octanol–water partition coefficient (Wildman–Crippen LogP) is -60.6. The van der Waals surface area contributed by atoms with E-state index in [9.17, 15) is 0 Å². The number of hydrogen-bond donors (Lipinski definition) is 3. The Kier molecular flexibility index (Phi) is 258. The summed E-state index contributed by atoms with van der Waals surface area (Å²) in [5, 5.41) is 3.03. The molecule has 0 amide bonds. The van der Waals surface area contributed by atoms with E-state index in [1.807, 2.05) is 0 Å². The van der Waals surface area contributed by atoms with E-state index in [2.05, 4.69) is 5.32 Å². The third-order valence-corrected chi connectivity index (χ3v) is 0.642. The molecular formula is C4H13N3Na15O20P5. The molecule has 0 saturated heterocycles. The van der Waals surface area contributed by atoms with Gasteiger partial charge in [-0.05, 0) is 0 Å². The molecule has 5 N–H and O–H groups in total. The van der Waals surface area contributed by atoms with Gasteiger partial charge in [0.15, 0.2) is 0 Å². The summed E-state index contributed by atoms with van der Waals surface area (Å²) in [7, 11) is -26.9. The fourth-order valence-corrected chi connectivity index (χ4v) is 0.329. The van der Waals surface area contributed by atoms with Crippen molar-refractivity contribution in [2.75, 3.05) is 26.2 Å². The van der Waals surface area contributed by atoms with Crippen LogP contribution in [0.4, 0.5) is 0 Å². The average Bonchev–Trinajstić information content (AvgIpc) is 2.28. The van der Waals surface area contributed by atoms with Crippen LogP contribution in [0, 0.1) is 0 Å². The maximum atomic E-state index is 8.55. The van der Waals surface area contributed by atoms with Crippen molar-refractivity contribution in [3.05, 3.63) is 0 Å². The zero-order chi connectivity index (χ0) is 28.0. The van der Waals surface area contributed by atoms with Gasteiger partial charge in [0.05, 0.1) is 0 Å². The molecule has 0 atom stereocenters. The van der Waals surface area contributed by atoms with Crippen molar-refractivity contribution in [1.29, 1.82) is 0 Å². The fraction of sp³-hybridized carbons (Fsp3) is 1.00. The molecule has 0 aliphatic rings. The van der Waals surface area contributed by atoms with Crippen molar-refractivity contribution in [2.45, 2.75) is 0 Å². The van der Waals surface area contributed by atoms with E-state index in [1.165, 1.54) is 0 Å². The smallest absolute Gasteiger partial charge is 0.822 e. The first-order chi connectivity index (χ1) is 13.4. The van der Waals surface area contributed by atoms with Crippen molar-refractivity contribution in [1.82, 2.24) is 5.32 Å². The molecule has 204 valence electrons. The SMILES string of the molecule is NCCNCCN.O=P([O-])([O-])[O-].O=P([O-])([O-])[O-].O=P([O-])([O-])[O-].O=P([O-])([O-])[O-].O=P([O-])([O-])[O-].[Na+].[Na+].[Na+].[Na+].[Na+].[Na+].[Na+].[Na+].[Na+].[Na+].[Na+].[Na+].[Na+].[Na+].[Na+]. The maximum Gasteiger partial charge on any atom is 1.00 e. The van der Waals surface area contributed by atoms with E-state index in [-0.39, 0.29) is 443 Å². The topological polar surface area (TPSA) is 495 Å². The zero-order valence-corrected chi connectivity index (χ0v) is 64.4. The van der Waals surface area contributed by atoms with Crippen LogP contribution < -0.4 is 534 Å². The summed E-state index contributed by atoms with van der Waals surface area (Å²) in [4.78, 5) is 128. The monoisotopic (exact) mass is 923 g/mol. The zero-order valence-electron chi connectivity index (χ0n) is 29.9. The Balaban J connectivity index is -0.00000000857. The summed E-state index contributed by atoms with van der Waals surface area (Å²) < 4.78 is 42.7. The molecule has 43 heteroatoms. The third-order valence-electron chi connectivity index (χ3n) is 0.642. The van der Waals surface area contributed by atoms with E-state index in [0.29, 0.717) is 13.1 Å². The van der Waals surface area contributed by atoms with Crippen molar-refractivity contribution >= 4 is 39.1 Å². The number of rotatable bonds is 4. The van der Waals surface area contributed by atoms with E-state index < -0.39 is 39.1 Å². The van der Waals surface area contributed by atoms with Crippen LogP contribution in [-0.4, -0.2) is 26.2 Å². The van der Waals surface area contributed by atoms with Crippen molar-refractivity contribution in [3.8, 4) is 0 Å². The second-order valence-corrected chi connectivity index (χ2v) is 8.04. The number of nitrogens with one attached hydrogen (secondary N) is 1. The van der Waals surface area contributed by atoms with Crippen LogP contribution in [0.5, 0.6) is 0 Å². The van der Waals surface area contributed by atoms with Gasteiger partial charge in [0.25, 0.3) is 0 Å². The van der Waals surface area contributed by atoms with Crippen LogP contribution in [0.15, 0.2) is 0 Å². The van der Waals surface area contributed by atoms with Crippen LogP contribution in [0.3, 0.4) is 0 Å². The standard InChI is InChI=1S/C4H13N3.15Na.5H3O4P/c5-1-3-7-4-2-6;;;;;;;;;;;;;;;;5*1-5(2,3)4/h7H,1-6H2;;;;;;;;;;;;;;;;5*(H3,1,2,3,4)/q;15*+1;;;;;/p-15. The summed E-state index contributed by atoms with van der Waals surface area (Å²) in [6.07, 6.45) is 0. The molecular weight excluding hydrogens is 910 g/mol. The minimum absolute atomic E-state index is 0. The second-order valence-electron chi connectivity index (χ2n) is 3.56. The molecule has 0 radical (unpaired) electrons. The van der Waals surface area contributed by atoms with E-state index in [1.54, 1.807) is 0 Å². The molecule has 0 aliphatic carbocycles. The molecule has 0 aromatic heterocycles. The van der Waals surface area contributed by atoms with Gasteiger partial charge in [0, 0.05) is 26.2 Å². The van der Waals surface area contributed by atoms with Gasteiger partial charge in [-0.2, -0.15) is 39.1 Å². The fourth-order valence-electron chi connectivity index (χ4n) is 0.329. The molecule has 0 unspecified atom stereocenters. The van der Waals surface area contributed by atoms with E-state index >= 15 is 0 Å². The first-order valence-electron chi connectivity index (χ1n) is 6.18. The summed E-state index contributed by atoms with van der Waals surface area (Å²) in [5.74, 6) is 0. The molecule has 0 heterocycles. The average molecular weight is 923 g/mol. The molecule has 0 aromatic rings. The van der Waals surface area contributed by atoms with Crippen molar-refractivity contribution in [3.63, 3.8) is 0 Å². The van der Waals surface area contributed by atoms with Gasteiger partial charge in [0.1, 0.15) is 0 Å². The molecule has 0 aromatic carbocycles.